The number of hydrogen-bond acceptors (Lipinski definition) is 3. The maximum absolute atomic E-state index is 12.4. The highest BCUT2D eigenvalue weighted by atomic mass is 16.2. The second-order valence-electron chi connectivity index (χ2n) is 6.83. The van der Waals surface area contributed by atoms with Crippen LogP contribution in [-0.2, 0) is 6.54 Å². The molecule has 1 amide bonds. The Bertz CT molecular complexity index is 1160. The van der Waals surface area contributed by atoms with Gasteiger partial charge in [-0.25, -0.2) is 0 Å². The molecule has 2 aromatic carbocycles. The van der Waals surface area contributed by atoms with Gasteiger partial charge in [-0.2, -0.15) is 0 Å². The summed E-state index contributed by atoms with van der Waals surface area (Å²) < 4.78 is 1.69. The minimum Gasteiger partial charge on any atom is -0.348 e. The molecule has 0 spiro atoms. The monoisotopic (exact) mass is 383 g/mol. The van der Waals surface area contributed by atoms with Crippen molar-refractivity contribution in [3.05, 3.63) is 90.4 Å². The summed E-state index contributed by atoms with van der Waals surface area (Å²) >= 11 is 0. The lowest BCUT2D eigenvalue weighted by molar-refractivity contribution is 0.0912. The Labute approximate surface area is 169 Å². The average Bonchev–Trinajstić information content (AvgIpc) is 3.21. The first-order valence-corrected chi connectivity index (χ1v) is 9.57. The lowest BCUT2D eigenvalue weighted by atomic mass is 10.0. The first-order chi connectivity index (χ1) is 14.2. The van der Waals surface area contributed by atoms with Crippen LogP contribution in [0.25, 0.3) is 22.0 Å². The number of rotatable bonds is 5. The zero-order valence-electron chi connectivity index (χ0n) is 16.1. The molecular formula is C24H21N3O2. The molecule has 0 aliphatic carbocycles. The first kappa shape index (κ1) is 18.6. The number of amides is 1. The number of aromatic nitrogens is 2. The fraction of sp³-hybridized carbons (Fsp3) is 0.125. The van der Waals surface area contributed by atoms with Crippen LogP contribution in [0.1, 0.15) is 34.1 Å². The molecule has 5 nitrogen and oxygen atoms in total. The Hall–Kier alpha value is -3.73. The van der Waals surface area contributed by atoms with Gasteiger partial charge in [-0.1, -0.05) is 31.2 Å². The maximum Gasteiger partial charge on any atom is 0.251 e. The zero-order chi connectivity index (χ0) is 20.2. The minimum atomic E-state index is -0.119. The van der Waals surface area contributed by atoms with Gasteiger partial charge >= 0.3 is 0 Å². The third-order valence-electron chi connectivity index (χ3n) is 4.92. The SMILES string of the molecule is CCC(=O)n1ccc2cc(-c3ccc(C(=O)NCc4cccnc4)cc3)ccc21. The fourth-order valence-electron chi connectivity index (χ4n) is 3.31. The zero-order valence-corrected chi connectivity index (χ0v) is 16.1. The maximum atomic E-state index is 12.4. The Morgan fingerprint density at radius 2 is 1.79 bits per heavy atom. The van der Waals surface area contributed by atoms with Gasteiger partial charge in [-0.3, -0.25) is 19.1 Å². The van der Waals surface area contributed by atoms with Crippen molar-refractivity contribution in [2.45, 2.75) is 19.9 Å². The number of carbonyl (C=O) groups excluding carboxylic acids is 2. The second kappa shape index (κ2) is 8.10. The predicted octanol–water partition coefficient (Wildman–Crippen LogP) is 4.68. The first-order valence-electron chi connectivity index (χ1n) is 9.57. The number of pyridine rings is 1. The highest BCUT2D eigenvalue weighted by Crippen LogP contribution is 2.26. The number of benzene rings is 2. The minimum absolute atomic E-state index is 0.0781. The largest absolute Gasteiger partial charge is 0.348 e. The van der Waals surface area contributed by atoms with Gasteiger partial charge in [0.25, 0.3) is 5.91 Å². The normalized spacial score (nSPS) is 10.8. The van der Waals surface area contributed by atoms with Crippen molar-refractivity contribution < 1.29 is 9.59 Å². The molecule has 2 heterocycles. The molecule has 4 aromatic rings. The molecule has 0 bridgehead atoms. The van der Waals surface area contributed by atoms with E-state index in [9.17, 15) is 9.59 Å². The summed E-state index contributed by atoms with van der Waals surface area (Å²) in [7, 11) is 0. The molecule has 0 aliphatic rings. The molecule has 0 radical (unpaired) electrons. The lowest BCUT2D eigenvalue weighted by Crippen LogP contribution is -2.22. The number of carbonyl (C=O) groups is 2. The highest BCUT2D eigenvalue weighted by Gasteiger charge is 2.09. The summed E-state index contributed by atoms with van der Waals surface area (Å²) in [6, 6.07) is 19.3. The van der Waals surface area contributed by atoms with E-state index in [0.717, 1.165) is 27.6 Å². The van der Waals surface area contributed by atoms with Crippen LogP contribution in [0.4, 0.5) is 0 Å². The summed E-state index contributed by atoms with van der Waals surface area (Å²) in [6.07, 6.45) is 5.73. The van der Waals surface area contributed by atoms with Crippen molar-refractivity contribution in [2.24, 2.45) is 0 Å². The molecule has 0 saturated carbocycles. The van der Waals surface area contributed by atoms with E-state index < -0.39 is 0 Å². The molecular weight excluding hydrogens is 362 g/mol. The fourth-order valence-corrected chi connectivity index (χ4v) is 3.31. The summed E-state index contributed by atoms with van der Waals surface area (Å²) in [4.78, 5) is 28.4. The third-order valence-corrected chi connectivity index (χ3v) is 4.92. The van der Waals surface area contributed by atoms with E-state index in [1.165, 1.54) is 0 Å². The Morgan fingerprint density at radius 1 is 1.00 bits per heavy atom. The molecule has 1 N–H and O–H groups in total. The van der Waals surface area contributed by atoms with E-state index in [2.05, 4.69) is 16.4 Å². The highest BCUT2D eigenvalue weighted by molar-refractivity contribution is 5.96. The molecule has 4 rings (SSSR count). The average molecular weight is 383 g/mol. The van der Waals surface area contributed by atoms with Crippen LogP contribution >= 0.6 is 0 Å². The van der Waals surface area contributed by atoms with Gasteiger partial charge in [-0.15, -0.1) is 0 Å². The molecule has 5 heteroatoms. The standard InChI is InChI=1S/C24H21N3O2/c1-2-23(28)27-13-11-21-14-20(9-10-22(21)27)18-5-7-19(8-6-18)24(29)26-16-17-4-3-12-25-15-17/h3-15H,2,16H2,1H3,(H,26,29). The van der Waals surface area contributed by atoms with Crippen molar-refractivity contribution in [2.75, 3.05) is 0 Å². The van der Waals surface area contributed by atoms with Crippen LogP contribution in [0.15, 0.2) is 79.3 Å². The molecule has 0 unspecified atom stereocenters. The lowest BCUT2D eigenvalue weighted by Gasteiger charge is -2.07. The molecule has 0 atom stereocenters. The molecule has 0 aliphatic heterocycles. The number of fused-ring (bicyclic) bond motifs is 1. The molecule has 0 fully saturated rings. The van der Waals surface area contributed by atoms with E-state index in [1.807, 2.05) is 67.7 Å². The van der Waals surface area contributed by atoms with Crippen LogP contribution in [0.5, 0.6) is 0 Å². The van der Waals surface area contributed by atoms with Crippen LogP contribution in [0.3, 0.4) is 0 Å². The van der Waals surface area contributed by atoms with Crippen molar-refractivity contribution in [3.63, 3.8) is 0 Å². The summed E-state index contributed by atoms with van der Waals surface area (Å²) in [5.41, 5.74) is 4.54. The van der Waals surface area contributed by atoms with Crippen molar-refractivity contribution >= 4 is 22.7 Å². The van der Waals surface area contributed by atoms with Gasteiger partial charge in [0, 0.05) is 42.5 Å². The Kier molecular flexibility index (Phi) is 5.20. The summed E-state index contributed by atoms with van der Waals surface area (Å²) in [6.45, 7) is 2.30. The van der Waals surface area contributed by atoms with E-state index in [1.54, 1.807) is 17.0 Å². The van der Waals surface area contributed by atoms with Crippen LogP contribution in [-0.4, -0.2) is 21.4 Å². The van der Waals surface area contributed by atoms with Crippen molar-refractivity contribution in [3.8, 4) is 11.1 Å². The van der Waals surface area contributed by atoms with E-state index in [-0.39, 0.29) is 11.8 Å². The van der Waals surface area contributed by atoms with E-state index in [4.69, 9.17) is 0 Å². The topological polar surface area (TPSA) is 64.0 Å². The summed E-state index contributed by atoms with van der Waals surface area (Å²) in [5, 5.41) is 3.92. The van der Waals surface area contributed by atoms with Crippen molar-refractivity contribution in [1.29, 1.82) is 0 Å². The van der Waals surface area contributed by atoms with E-state index in [0.29, 0.717) is 18.5 Å². The molecule has 2 aromatic heterocycles. The molecule has 29 heavy (non-hydrogen) atoms. The molecule has 0 saturated heterocycles. The number of nitrogens with one attached hydrogen (secondary N) is 1. The quantitative estimate of drug-likeness (QED) is 0.544. The predicted molar refractivity (Wildman–Crippen MR) is 114 cm³/mol. The van der Waals surface area contributed by atoms with Crippen LogP contribution in [0.2, 0.25) is 0 Å². The van der Waals surface area contributed by atoms with Crippen molar-refractivity contribution in [1.82, 2.24) is 14.9 Å². The van der Waals surface area contributed by atoms with Gasteiger partial charge in [0.2, 0.25) is 5.91 Å². The smallest absolute Gasteiger partial charge is 0.251 e. The number of nitrogens with zero attached hydrogens (tertiary/aromatic N) is 2. The van der Waals surface area contributed by atoms with Crippen LogP contribution < -0.4 is 5.32 Å². The van der Waals surface area contributed by atoms with Crippen LogP contribution in [0, 0.1) is 0 Å². The third kappa shape index (κ3) is 3.94. The number of hydrogen-bond donors (Lipinski definition) is 1. The Morgan fingerprint density at radius 3 is 2.52 bits per heavy atom. The van der Waals surface area contributed by atoms with Gasteiger partial charge in [0.15, 0.2) is 0 Å². The second-order valence-corrected chi connectivity index (χ2v) is 6.83. The van der Waals surface area contributed by atoms with Gasteiger partial charge < -0.3 is 5.32 Å². The molecule has 144 valence electrons. The van der Waals surface area contributed by atoms with Gasteiger partial charge in [0.1, 0.15) is 0 Å². The Balaban J connectivity index is 1.50. The van der Waals surface area contributed by atoms with E-state index >= 15 is 0 Å². The summed E-state index contributed by atoms with van der Waals surface area (Å²) in [5.74, 6) is -0.0413. The van der Waals surface area contributed by atoms with Gasteiger partial charge in [0.05, 0.1) is 5.52 Å². The van der Waals surface area contributed by atoms with Gasteiger partial charge in [-0.05, 0) is 53.1 Å².